The highest BCUT2D eigenvalue weighted by Crippen LogP contribution is 2.04. The molecule has 0 saturated carbocycles. The van der Waals surface area contributed by atoms with Gasteiger partial charge in [0.05, 0.1) is 6.10 Å². The molecule has 0 radical (unpaired) electrons. The van der Waals surface area contributed by atoms with Gasteiger partial charge >= 0.3 is 0 Å². The van der Waals surface area contributed by atoms with Gasteiger partial charge in [0.2, 0.25) is 0 Å². The van der Waals surface area contributed by atoms with E-state index in [2.05, 4.69) is 26.0 Å². The zero-order valence-corrected chi connectivity index (χ0v) is 7.97. The van der Waals surface area contributed by atoms with Crippen molar-refractivity contribution in [2.45, 2.75) is 46.1 Å². The van der Waals surface area contributed by atoms with E-state index in [1.807, 2.05) is 6.92 Å². The van der Waals surface area contributed by atoms with Crippen LogP contribution < -0.4 is 0 Å². The van der Waals surface area contributed by atoms with Crippen LogP contribution >= 0.6 is 0 Å². The molecular formula is C10H20O. The SMILES string of the molecule is CC/C=C\CC(CC)OCC. The summed E-state index contributed by atoms with van der Waals surface area (Å²) in [6.07, 6.45) is 8.15. The molecule has 0 saturated heterocycles. The number of rotatable bonds is 6. The summed E-state index contributed by atoms with van der Waals surface area (Å²) in [5, 5.41) is 0. The molecule has 0 heterocycles. The number of ether oxygens (including phenoxy) is 1. The highest BCUT2D eigenvalue weighted by molar-refractivity contribution is 4.82. The summed E-state index contributed by atoms with van der Waals surface area (Å²) in [7, 11) is 0. The van der Waals surface area contributed by atoms with Gasteiger partial charge in [0.1, 0.15) is 0 Å². The lowest BCUT2D eigenvalue weighted by Crippen LogP contribution is -2.09. The molecule has 1 heteroatoms. The van der Waals surface area contributed by atoms with Crippen LogP contribution in [0.25, 0.3) is 0 Å². The summed E-state index contributed by atoms with van der Waals surface area (Å²) in [6, 6.07) is 0. The third-order valence-corrected chi connectivity index (χ3v) is 1.66. The lowest BCUT2D eigenvalue weighted by Gasteiger charge is -2.11. The Morgan fingerprint density at radius 1 is 1.18 bits per heavy atom. The highest BCUT2D eigenvalue weighted by Gasteiger charge is 2.00. The van der Waals surface area contributed by atoms with Crippen LogP contribution in [-0.2, 0) is 4.74 Å². The first-order valence-electron chi connectivity index (χ1n) is 4.61. The molecule has 0 aromatic rings. The average molecular weight is 156 g/mol. The van der Waals surface area contributed by atoms with E-state index in [0.717, 1.165) is 25.9 Å². The number of hydrogen-bond acceptors (Lipinski definition) is 1. The highest BCUT2D eigenvalue weighted by atomic mass is 16.5. The van der Waals surface area contributed by atoms with Crippen molar-refractivity contribution in [3.05, 3.63) is 12.2 Å². The van der Waals surface area contributed by atoms with Crippen molar-refractivity contribution in [2.24, 2.45) is 0 Å². The third kappa shape index (κ3) is 6.11. The number of allylic oxidation sites excluding steroid dienone is 1. The van der Waals surface area contributed by atoms with Gasteiger partial charge in [-0.15, -0.1) is 0 Å². The van der Waals surface area contributed by atoms with E-state index in [0.29, 0.717) is 6.10 Å². The van der Waals surface area contributed by atoms with E-state index in [9.17, 15) is 0 Å². The van der Waals surface area contributed by atoms with Crippen molar-refractivity contribution in [3.63, 3.8) is 0 Å². The van der Waals surface area contributed by atoms with Crippen molar-refractivity contribution >= 4 is 0 Å². The first kappa shape index (κ1) is 10.7. The van der Waals surface area contributed by atoms with Gasteiger partial charge in [0.25, 0.3) is 0 Å². The van der Waals surface area contributed by atoms with E-state index >= 15 is 0 Å². The minimum atomic E-state index is 0.433. The molecule has 11 heavy (non-hydrogen) atoms. The molecule has 0 bridgehead atoms. The maximum atomic E-state index is 5.49. The maximum Gasteiger partial charge on any atom is 0.0606 e. The summed E-state index contributed by atoms with van der Waals surface area (Å²) in [4.78, 5) is 0. The third-order valence-electron chi connectivity index (χ3n) is 1.66. The minimum Gasteiger partial charge on any atom is -0.378 e. The largest absolute Gasteiger partial charge is 0.378 e. The van der Waals surface area contributed by atoms with Crippen LogP contribution in [0.1, 0.15) is 40.0 Å². The first-order valence-corrected chi connectivity index (χ1v) is 4.61. The van der Waals surface area contributed by atoms with Crippen molar-refractivity contribution in [2.75, 3.05) is 6.61 Å². The maximum absolute atomic E-state index is 5.49. The van der Waals surface area contributed by atoms with Gasteiger partial charge in [-0.1, -0.05) is 26.0 Å². The Bertz CT molecular complexity index is 97.0. The zero-order chi connectivity index (χ0) is 8.53. The Kier molecular flexibility index (Phi) is 7.59. The standard InChI is InChI=1S/C10H20O/c1-4-7-8-9-10(5-2)11-6-3/h7-8,10H,4-6,9H2,1-3H3/b8-7-. The van der Waals surface area contributed by atoms with Crippen molar-refractivity contribution < 1.29 is 4.74 Å². The van der Waals surface area contributed by atoms with E-state index in [1.54, 1.807) is 0 Å². The quantitative estimate of drug-likeness (QED) is 0.537. The molecule has 0 amide bonds. The van der Waals surface area contributed by atoms with Gasteiger partial charge in [-0.3, -0.25) is 0 Å². The fraction of sp³-hybridized carbons (Fsp3) is 0.800. The number of hydrogen-bond donors (Lipinski definition) is 0. The summed E-state index contributed by atoms with van der Waals surface area (Å²) in [5.41, 5.74) is 0. The molecule has 0 aliphatic rings. The minimum absolute atomic E-state index is 0.433. The molecule has 1 atom stereocenters. The average Bonchev–Trinajstić information content (AvgIpc) is 2.03. The Morgan fingerprint density at radius 3 is 2.36 bits per heavy atom. The van der Waals surface area contributed by atoms with Crippen LogP contribution in [0.3, 0.4) is 0 Å². The molecule has 0 fully saturated rings. The van der Waals surface area contributed by atoms with Crippen LogP contribution in [0, 0.1) is 0 Å². The predicted octanol–water partition coefficient (Wildman–Crippen LogP) is 3.16. The van der Waals surface area contributed by atoms with Crippen LogP contribution in [0.15, 0.2) is 12.2 Å². The Labute approximate surface area is 70.4 Å². The van der Waals surface area contributed by atoms with E-state index < -0.39 is 0 Å². The lowest BCUT2D eigenvalue weighted by molar-refractivity contribution is 0.0625. The second-order valence-corrected chi connectivity index (χ2v) is 2.60. The summed E-state index contributed by atoms with van der Waals surface area (Å²) >= 11 is 0. The fourth-order valence-corrected chi connectivity index (χ4v) is 1.00. The van der Waals surface area contributed by atoms with Crippen molar-refractivity contribution in [3.8, 4) is 0 Å². The molecule has 0 aromatic heterocycles. The normalized spacial score (nSPS) is 14.1. The van der Waals surface area contributed by atoms with Crippen molar-refractivity contribution in [1.29, 1.82) is 0 Å². The summed E-state index contributed by atoms with van der Waals surface area (Å²) in [5.74, 6) is 0. The van der Waals surface area contributed by atoms with Crippen LogP contribution in [0.5, 0.6) is 0 Å². The monoisotopic (exact) mass is 156 g/mol. The molecule has 66 valence electrons. The van der Waals surface area contributed by atoms with Gasteiger partial charge in [-0.05, 0) is 26.2 Å². The molecule has 0 aromatic carbocycles. The first-order chi connectivity index (χ1) is 5.35. The molecular weight excluding hydrogens is 136 g/mol. The Hall–Kier alpha value is -0.300. The second-order valence-electron chi connectivity index (χ2n) is 2.60. The summed E-state index contributed by atoms with van der Waals surface area (Å²) < 4.78 is 5.49. The van der Waals surface area contributed by atoms with E-state index in [4.69, 9.17) is 4.74 Å². The molecule has 0 rings (SSSR count). The molecule has 0 spiro atoms. The predicted molar refractivity (Wildman–Crippen MR) is 49.8 cm³/mol. The molecule has 1 unspecified atom stereocenters. The Balaban J connectivity index is 3.42. The smallest absolute Gasteiger partial charge is 0.0606 e. The van der Waals surface area contributed by atoms with Gasteiger partial charge in [-0.25, -0.2) is 0 Å². The van der Waals surface area contributed by atoms with Crippen molar-refractivity contribution in [1.82, 2.24) is 0 Å². The van der Waals surface area contributed by atoms with Crippen LogP contribution in [0.4, 0.5) is 0 Å². The zero-order valence-electron chi connectivity index (χ0n) is 7.97. The molecule has 1 nitrogen and oxygen atoms in total. The van der Waals surface area contributed by atoms with Gasteiger partial charge in [0, 0.05) is 6.61 Å². The lowest BCUT2D eigenvalue weighted by atomic mass is 10.2. The van der Waals surface area contributed by atoms with Crippen LogP contribution in [-0.4, -0.2) is 12.7 Å². The topological polar surface area (TPSA) is 9.23 Å². The fourth-order valence-electron chi connectivity index (χ4n) is 1.00. The Morgan fingerprint density at radius 2 is 1.91 bits per heavy atom. The van der Waals surface area contributed by atoms with E-state index in [-0.39, 0.29) is 0 Å². The summed E-state index contributed by atoms with van der Waals surface area (Å²) in [6.45, 7) is 7.20. The molecule has 0 N–H and O–H groups in total. The van der Waals surface area contributed by atoms with Gasteiger partial charge < -0.3 is 4.74 Å². The van der Waals surface area contributed by atoms with Gasteiger partial charge in [0.15, 0.2) is 0 Å². The van der Waals surface area contributed by atoms with Gasteiger partial charge in [-0.2, -0.15) is 0 Å². The molecule has 0 aliphatic carbocycles. The van der Waals surface area contributed by atoms with Crippen LogP contribution in [0.2, 0.25) is 0 Å². The second kappa shape index (κ2) is 7.80. The van der Waals surface area contributed by atoms with E-state index in [1.165, 1.54) is 0 Å². The molecule has 0 aliphatic heterocycles.